The standard InChI is InChI=1S/C16H33N3S/c1-15(6-13-20-3)17-14-16(7-4-5-8-16)19-11-9-18(2)10-12-19/h15,17H,4-14H2,1-3H3. The SMILES string of the molecule is CSCCC(C)NCC1(N2CCN(C)CC2)CCCC1. The molecule has 118 valence electrons. The Bertz CT molecular complexity index is 271. The third-order valence-corrected chi connectivity index (χ3v) is 5.89. The molecular weight excluding hydrogens is 266 g/mol. The Morgan fingerprint density at radius 1 is 1.15 bits per heavy atom. The van der Waals surface area contributed by atoms with Crippen molar-refractivity contribution in [3.8, 4) is 0 Å². The zero-order chi connectivity index (χ0) is 14.4. The summed E-state index contributed by atoms with van der Waals surface area (Å²) in [5, 5.41) is 3.84. The van der Waals surface area contributed by atoms with E-state index in [-0.39, 0.29) is 0 Å². The van der Waals surface area contributed by atoms with E-state index in [9.17, 15) is 0 Å². The van der Waals surface area contributed by atoms with Crippen molar-refractivity contribution in [2.24, 2.45) is 0 Å². The fraction of sp³-hybridized carbons (Fsp3) is 1.00. The Balaban J connectivity index is 1.85. The van der Waals surface area contributed by atoms with Crippen molar-refractivity contribution >= 4 is 11.8 Å². The number of nitrogens with zero attached hydrogens (tertiary/aromatic N) is 2. The molecule has 2 fully saturated rings. The summed E-state index contributed by atoms with van der Waals surface area (Å²) in [6.45, 7) is 8.55. The minimum atomic E-state index is 0.467. The molecule has 0 radical (unpaired) electrons. The van der Waals surface area contributed by atoms with E-state index in [1.807, 2.05) is 11.8 Å². The van der Waals surface area contributed by atoms with E-state index in [1.165, 1.54) is 70.6 Å². The molecule has 20 heavy (non-hydrogen) atoms. The Morgan fingerprint density at radius 2 is 1.80 bits per heavy atom. The summed E-state index contributed by atoms with van der Waals surface area (Å²) in [5.41, 5.74) is 0.467. The summed E-state index contributed by atoms with van der Waals surface area (Å²) in [7, 11) is 2.25. The highest BCUT2D eigenvalue weighted by Gasteiger charge is 2.40. The van der Waals surface area contributed by atoms with Crippen LogP contribution >= 0.6 is 11.8 Å². The van der Waals surface area contributed by atoms with Gasteiger partial charge in [0, 0.05) is 44.3 Å². The fourth-order valence-corrected chi connectivity index (χ4v) is 4.27. The number of likely N-dealkylation sites (N-methyl/N-ethyl adjacent to an activating group) is 1. The van der Waals surface area contributed by atoms with Crippen LogP contribution in [0.3, 0.4) is 0 Å². The molecule has 1 saturated carbocycles. The van der Waals surface area contributed by atoms with Crippen LogP contribution in [0.25, 0.3) is 0 Å². The highest BCUT2D eigenvalue weighted by Crippen LogP contribution is 2.35. The lowest BCUT2D eigenvalue weighted by atomic mass is 9.93. The Morgan fingerprint density at radius 3 is 2.40 bits per heavy atom. The van der Waals surface area contributed by atoms with E-state index in [2.05, 4.69) is 35.3 Å². The second-order valence-electron chi connectivity index (χ2n) is 6.79. The molecule has 1 unspecified atom stereocenters. The third kappa shape index (κ3) is 4.36. The average molecular weight is 300 g/mol. The Hall–Kier alpha value is 0.230. The lowest BCUT2D eigenvalue weighted by Gasteiger charge is -2.46. The van der Waals surface area contributed by atoms with Gasteiger partial charge in [0.2, 0.25) is 0 Å². The molecule has 2 rings (SSSR count). The largest absolute Gasteiger partial charge is 0.312 e. The van der Waals surface area contributed by atoms with E-state index < -0.39 is 0 Å². The molecule has 4 heteroatoms. The molecule has 1 heterocycles. The summed E-state index contributed by atoms with van der Waals surface area (Å²) in [5.74, 6) is 1.27. The van der Waals surface area contributed by atoms with Crippen molar-refractivity contribution < 1.29 is 0 Å². The maximum atomic E-state index is 3.84. The van der Waals surface area contributed by atoms with Gasteiger partial charge in [-0.3, -0.25) is 4.90 Å². The van der Waals surface area contributed by atoms with E-state index in [0.717, 1.165) is 0 Å². The minimum Gasteiger partial charge on any atom is -0.312 e. The van der Waals surface area contributed by atoms with Crippen LogP contribution in [0.4, 0.5) is 0 Å². The van der Waals surface area contributed by atoms with Crippen LogP contribution in [0.2, 0.25) is 0 Å². The van der Waals surface area contributed by atoms with Crippen molar-refractivity contribution in [2.45, 2.75) is 50.6 Å². The molecular formula is C16H33N3S. The van der Waals surface area contributed by atoms with E-state index in [4.69, 9.17) is 0 Å². The van der Waals surface area contributed by atoms with Gasteiger partial charge in [0.25, 0.3) is 0 Å². The van der Waals surface area contributed by atoms with E-state index >= 15 is 0 Å². The molecule has 1 N–H and O–H groups in total. The lowest BCUT2D eigenvalue weighted by molar-refractivity contribution is 0.0412. The van der Waals surface area contributed by atoms with E-state index in [0.29, 0.717) is 11.6 Å². The second-order valence-corrected chi connectivity index (χ2v) is 7.77. The number of thioether (sulfide) groups is 1. The molecule has 0 bridgehead atoms. The minimum absolute atomic E-state index is 0.467. The zero-order valence-electron chi connectivity index (χ0n) is 13.7. The molecule has 0 spiro atoms. The normalized spacial score (nSPS) is 25.9. The average Bonchev–Trinajstić information content (AvgIpc) is 2.93. The Labute approximate surface area is 129 Å². The van der Waals surface area contributed by atoms with Gasteiger partial charge in [0.1, 0.15) is 0 Å². The molecule has 1 atom stereocenters. The van der Waals surface area contributed by atoms with Crippen LogP contribution in [0.1, 0.15) is 39.0 Å². The van der Waals surface area contributed by atoms with Gasteiger partial charge in [-0.25, -0.2) is 0 Å². The number of hydrogen-bond acceptors (Lipinski definition) is 4. The van der Waals surface area contributed by atoms with Gasteiger partial charge in [0.05, 0.1) is 0 Å². The summed E-state index contributed by atoms with van der Waals surface area (Å²) in [4.78, 5) is 5.27. The highest BCUT2D eigenvalue weighted by molar-refractivity contribution is 7.98. The first-order valence-corrected chi connectivity index (χ1v) is 9.71. The topological polar surface area (TPSA) is 18.5 Å². The first kappa shape index (κ1) is 16.6. The molecule has 3 nitrogen and oxygen atoms in total. The maximum absolute atomic E-state index is 3.84. The second kappa shape index (κ2) is 8.02. The molecule has 1 aliphatic carbocycles. The van der Waals surface area contributed by atoms with Gasteiger partial charge in [-0.15, -0.1) is 0 Å². The highest BCUT2D eigenvalue weighted by atomic mass is 32.2. The predicted molar refractivity (Wildman–Crippen MR) is 90.7 cm³/mol. The monoisotopic (exact) mass is 299 g/mol. The molecule has 0 aromatic carbocycles. The van der Waals surface area contributed by atoms with Crippen LogP contribution in [0.5, 0.6) is 0 Å². The first-order chi connectivity index (χ1) is 9.66. The van der Waals surface area contributed by atoms with Gasteiger partial charge in [-0.1, -0.05) is 12.8 Å². The zero-order valence-corrected chi connectivity index (χ0v) is 14.5. The van der Waals surface area contributed by atoms with Crippen LogP contribution in [-0.2, 0) is 0 Å². The number of hydrogen-bond donors (Lipinski definition) is 1. The summed E-state index contributed by atoms with van der Waals surface area (Å²) >= 11 is 1.96. The van der Waals surface area contributed by atoms with Gasteiger partial charge < -0.3 is 10.2 Å². The summed E-state index contributed by atoms with van der Waals surface area (Å²) in [6, 6.07) is 0.660. The molecule has 1 aliphatic heterocycles. The first-order valence-electron chi connectivity index (χ1n) is 8.32. The van der Waals surface area contributed by atoms with Gasteiger partial charge in [-0.2, -0.15) is 11.8 Å². The van der Waals surface area contributed by atoms with Crippen LogP contribution < -0.4 is 5.32 Å². The molecule has 1 saturated heterocycles. The van der Waals surface area contributed by atoms with Gasteiger partial charge in [0.15, 0.2) is 0 Å². The summed E-state index contributed by atoms with van der Waals surface area (Å²) in [6.07, 6.45) is 9.15. The van der Waals surface area contributed by atoms with Crippen LogP contribution in [0, 0.1) is 0 Å². The van der Waals surface area contributed by atoms with Gasteiger partial charge >= 0.3 is 0 Å². The van der Waals surface area contributed by atoms with Crippen molar-refractivity contribution in [2.75, 3.05) is 51.8 Å². The van der Waals surface area contributed by atoms with Crippen molar-refractivity contribution in [3.63, 3.8) is 0 Å². The van der Waals surface area contributed by atoms with Crippen molar-refractivity contribution in [3.05, 3.63) is 0 Å². The Kier molecular flexibility index (Phi) is 6.66. The third-order valence-electron chi connectivity index (χ3n) is 5.24. The lowest BCUT2D eigenvalue weighted by Crippen LogP contribution is -2.59. The smallest absolute Gasteiger partial charge is 0.0335 e. The van der Waals surface area contributed by atoms with Gasteiger partial charge in [-0.05, 0) is 45.2 Å². The predicted octanol–water partition coefficient (Wildman–Crippen LogP) is 2.28. The van der Waals surface area contributed by atoms with Crippen LogP contribution in [-0.4, -0.2) is 73.2 Å². The number of piperazine rings is 1. The van der Waals surface area contributed by atoms with Crippen LogP contribution in [0.15, 0.2) is 0 Å². The molecule has 2 aliphatic rings. The quantitative estimate of drug-likeness (QED) is 0.777. The summed E-state index contributed by atoms with van der Waals surface area (Å²) < 4.78 is 0. The van der Waals surface area contributed by atoms with Crippen molar-refractivity contribution in [1.29, 1.82) is 0 Å². The van der Waals surface area contributed by atoms with E-state index in [1.54, 1.807) is 0 Å². The number of nitrogens with one attached hydrogen (secondary N) is 1. The van der Waals surface area contributed by atoms with Crippen molar-refractivity contribution in [1.82, 2.24) is 15.1 Å². The maximum Gasteiger partial charge on any atom is 0.0335 e. The molecule has 0 aromatic heterocycles. The molecule has 0 aromatic rings. The fourth-order valence-electron chi connectivity index (χ4n) is 3.68. The molecule has 0 amide bonds. The number of rotatable bonds is 7.